The highest BCUT2D eigenvalue weighted by Crippen LogP contribution is 2.42. The number of hydrogen-bond donors (Lipinski definition) is 1. The van der Waals surface area contributed by atoms with Crippen LogP contribution in [0.4, 0.5) is 0 Å². The minimum Gasteiger partial charge on any atom is -0.493 e. The molecular formula is C20H22N2O5. The molecule has 7 nitrogen and oxygen atoms in total. The third kappa shape index (κ3) is 4.11. The number of nitrogens with one attached hydrogen (secondary N) is 1. The monoisotopic (exact) mass is 370 g/mol. The average Bonchev–Trinajstić information content (AvgIpc) is 2.58. The van der Waals surface area contributed by atoms with Gasteiger partial charge in [-0.3, -0.25) is 9.59 Å². The molecule has 0 bridgehead atoms. The maximum atomic E-state index is 12.4. The molecule has 0 fully saturated rings. The van der Waals surface area contributed by atoms with Crippen LogP contribution in [0.25, 0.3) is 11.1 Å². The van der Waals surface area contributed by atoms with Crippen molar-refractivity contribution in [1.82, 2.24) is 4.98 Å². The second-order valence-electron chi connectivity index (χ2n) is 6.97. The van der Waals surface area contributed by atoms with Crippen molar-refractivity contribution in [1.29, 1.82) is 5.26 Å². The van der Waals surface area contributed by atoms with Crippen LogP contribution in [0.2, 0.25) is 0 Å². The first-order chi connectivity index (χ1) is 12.6. The van der Waals surface area contributed by atoms with Gasteiger partial charge >= 0.3 is 5.97 Å². The molecule has 0 unspecified atom stereocenters. The van der Waals surface area contributed by atoms with E-state index in [9.17, 15) is 14.9 Å². The summed E-state index contributed by atoms with van der Waals surface area (Å²) in [4.78, 5) is 26.7. The van der Waals surface area contributed by atoms with E-state index >= 15 is 0 Å². The van der Waals surface area contributed by atoms with Gasteiger partial charge in [0.05, 0.1) is 14.2 Å². The van der Waals surface area contributed by atoms with Crippen LogP contribution >= 0.6 is 0 Å². The fourth-order valence-corrected chi connectivity index (χ4v) is 2.62. The standard InChI is InChI=1S/C20H22N2O5/c1-11(23)27-16-8-12(7-15(25-5)18(16)26-6)13-9-17(20(2,3)4)22-19(24)14(13)10-21/h7-9H,1-6H3,(H,22,24). The summed E-state index contributed by atoms with van der Waals surface area (Å²) in [6, 6.07) is 6.87. The summed E-state index contributed by atoms with van der Waals surface area (Å²) in [5.74, 6) is 0.165. The molecule has 0 saturated heterocycles. The number of methoxy groups -OCH3 is 2. The molecule has 27 heavy (non-hydrogen) atoms. The zero-order valence-electron chi connectivity index (χ0n) is 16.2. The van der Waals surface area contributed by atoms with Gasteiger partial charge in [0.2, 0.25) is 5.75 Å². The van der Waals surface area contributed by atoms with Gasteiger partial charge in [-0.15, -0.1) is 0 Å². The number of nitrogens with zero attached hydrogens (tertiary/aromatic N) is 1. The van der Waals surface area contributed by atoms with E-state index in [0.29, 0.717) is 22.6 Å². The maximum Gasteiger partial charge on any atom is 0.308 e. The number of H-pyrrole nitrogens is 1. The summed E-state index contributed by atoms with van der Waals surface area (Å²) < 4.78 is 15.8. The molecule has 1 aromatic heterocycles. The number of pyridine rings is 1. The molecule has 0 aliphatic rings. The molecule has 0 atom stereocenters. The van der Waals surface area contributed by atoms with Gasteiger partial charge in [0.1, 0.15) is 11.6 Å². The first-order valence-corrected chi connectivity index (χ1v) is 8.25. The van der Waals surface area contributed by atoms with Gasteiger partial charge in [-0.05, 0) is 23.8 Å². The Morgan fingerprint density at radius 1 is 1.11 bits per heavy atom. The molecule has 0 aliphatic heterocycles. The molecule has 0 amide bonds. The minimum atomic E-state index is -0.533. The van der Waals surface area contributed by atoms with Crippen LogP contribution < -0.4 is 19.8 Å². The summed E-state index contributed by atoms with van der Waals surface area (Å²) in [5, 5.41) is 9.48. The van der Waals surface area contributed by atoms with Crippen molar-refractivity contribution in [3.05, 3.63) is 39.8 Å². The number of aromatic nitrogens is 1. The van der Waals surface area contributed by atoms with E-state index in [1.54, 1.807) is 18.2 Å². The third-order valence-corrected chi connectivity index (χ3v) is 3.96. The van der Waals surface area contributed by atoms with E-state index in [1.807, 2.05) is 26.8 Å². The molecule has 0 spiro atoms. The lowest BCUT2D eigenvalue weighted by Crippen LogP contribution is -2.22. The summed E-state index contributed by atoms with van der Waals surface area (Å²) in [7, 11) is 2.87. The second-order valence-corrected chi connectivity index (χ2v) is 6.97. The van der Waals surface area contributed by atoms with E-state index in [-0.39, 0.29) is 22.5 Å². The number of hydrogen-bond acceptors (Lipinski definition) is 6. The van der Waals surface area contributed by atoms with Gasteiger partial charge < -0.3 is 19.2 Å². The molecule has 1 aromatic carbocycles. The van der Waals surface area contributed by atoms with Crippen LogP contribution in [0.15, 0.2) is 23.0 Å². The number of rotatable bonds is 4. The van der Waals surface area contributed by atoms with Crippen LogP contribution in [-0.4, -0.2) is 25.2 Å². The summed E-state index contributed by atoms with van der Waals surface area (Å²) in [6.45, 7) is 7.12. The Kier molecular flexibility index (Phi) is 5.60. The van der Waals surface area contributed by atoms with Crippen molar-refractivity contribution in [2.45, 2.75) is 33.1 Å². The van der Waals surface area contributed by atoms with Crippen molar-refractivity contribution in [3.8, 4) is 34.4 Å². The Balaban J connectivity index is 2.85. The van der Waals surface area contributed by atoms with Crippen LogP contribution in [-0.2, 0) is 10.2 Å². The van der Waals surface area contributed by atoms with E-state index in [1.165, 1.54) is 21.1 Å². The number of aromatic amines is 1. The smallest absolute Gasteiger partial charge is 0.308 e. The number of ether oxygens (including phenoxy) is 3. The van der Waals surface area contributed by atoms with Crippen molar-refractivity contribution >= 4 is 5.97 Å². The zero-order valence-corrected chi connectivity index (χ0v) is 16.2. The Labute approximate surface area is 157 Å². The summed E-state index contributed by atoms with van der Waals surface area (Å²) >= 11 is 0. The molecule has 7 heteroatoms. The lowest BCUT2D eigenvalue weighted by atomic mass is 9.88. The quantitative estimate of drug-likeness (QED) is 0.655. The van der Waals surface area contributed by atoms with Crippen LogP contribution in [0.5, 0.6) is 17.2 Å². The predicted molar refractivity (Wildman–Crippen MR) is 100 cm³/mol. The first kappa shape index (κ1) is 20.0. The first-order valence-electron chi connectivity index (χ1n) is 8.25. The summed E-state index contributed by atoms with van der Waals surface area (Å²) in [6.07, 6.45) is 0. The molecule has 1 heterocycles. The molecule has 142 valence electrons. The molecule has 2 aromatic rings. The number of carbonyl (C=O) groups excluding carboxylic acids is 1. The summed E-state index contributed by atoms with van der Waals surface area (Å²) in [5.41, 5.74) is 0.729. The van der Waals surface area contributed by atoms with Gasteiger partial charge in [0.25, 0.3) is 5.56 Å². The number of nitriles is 1. The highest BCUT2D eigenvalue weighted by molar-refractivity contribution is 5.78. The van der Waals surface area contributed by atoms with Crippen LogP contribution in [0, 0.1) is 11.3 Å². The van der Waals surface area contributed by atoms with Gasteiger partial charge in [-0.25, -0.2) is 0 Å². The molecule has 0 aliphatic carbocycles. The largest absolute Gasteiger partial charge is 0.493 e. The molecule has 0 saturated carbocycles. The Morgan fingerprint density at radius 3 is 2.22 bits per heavy atom. The van der Waals surface area contributed by atoms with Crippen LogP contribution in [0.1, 0.15) is 39.0 Å². The highest BCUT2D eigenvalue weighted by atomic mass is 16.6. The van der Waals surface area contributed by atoms with Crippen molar-refractivity contribution < 1.29 is 19.0 Å². The fraction of sp³-hybridized carbons (Fsp3) is 0.350. The van der Waals surface area contributed by atoms with E-state index < -0.39 is 11.5 Å². The molecule has 1 N–H and O–H groups in total. The average molecular weight is 370 g/mol. The number of esters is 1. The van der Waals surface area contributed by atoms with Crippen molar-refractivity contribution in [3.63, 3.8) is 0 Å². The van der Waals surface area contributed by atoms with E-state index in [0.717, 1.165) is 0 Å². The molecule has 2 rings (SSSR count). The normalized spacial score (nSPS) is 10.9. The van der Waals surface area contributed by atoms with Gasteiger partial charge in [0, 0.05) is 23.6 Å². The zero-order chi connectivity index (χ0) is 20.4. The maximum absolute atomic E-state index is 12.4. The minimum absolute atomic E-state index is 0.0380. The predicted octanol–water partition coefficient (Wildman–Crippen LogP) is 3.15. The number of carbonyl (C=O) groups is 1. The van der Waals surface area contributed by atoms with Crippen molar-refractivity contribution in [2.75, 3.05) is 14.2 Å². The molecular weight excluding hydrogens is 348 g/mol. The Hall–Kier alpha value is -3.27. The highest BCUT2D eigenvalue weighted by Gasteiger charge is 2.22. The molecule has 0 radical (unpaired) electrons. The van der Waals surface area contributed by atoms with Gasteiger partial charge in [-0.2, -0.15) is 5.26 Å². The number of benzene rings is 1. The van der Waals surface area contributed by atoms with Gasteiger partial charge in [-0.1, -0.05) is 20.8 Å². The fourth-order valence-electron chi connectivity index (χ4n) is 2.62. The topological polar surface area (TPSA) is 101 Å². The lowest BCUT2D eigenvalue weighted by molar-refractivity contribution is -0.132. The van der Waals surface area contributed by atoms with E-state index in [2.05, 4.69) is 4.98 Å². The van der Waals surface area contributed by atoms with E-state index in [4.69, 9.17) is 14.2 Å². The Morgan fingerprint density at radius 2 is 1.74 bits per heavy atom. The second kappa shape index (κ2) is 7.54. The Bertz CT molecular complexity index is 978. The third-order valence-electron chi connectivity index (χ3n) is 3.96. The lowest BCUT2D eigenvalue weighted by Gasteiger charge is -2.20. The SMILES string of the molecule is COc1cc(-c2cc(C(C)(C)C)[nH]c(=O)c2C#N)cc(OC(C)=O)c1OC. The van der Waals surface area contributed by atoms with Crippen LogP contribution in [0.3, 0.4) is 0 Å². The van der Waals surface area contributed by atoms with Gasteiger partial charge in [0.15, 0.2) is 11.5 Å². The van der Waals surface area contributed by atoms with Crippen molar-refractivity contribution in [2.24, 2.45) is 0 Å².